The van der Waals surface area contributed by atoms with Crippen LogP contribution in [0.2, 0.25) is 0 Å². The summed E-state index contributed by atoms with van der Waals surface area (Å²) in [5.41, 5.74) is 0. The molecule has 1 aliphatic heterocycles. The third kappa shape index (κ3) is 3.68. The van der Waals surface area contributed by atoms with Gasteiger partial charge < -0.3 is 4.90 Å². The van der Waals surface area contributed by atoms with Gasteiger partial charge in [-0.15, -0.1) is 11.3 Å². The fourth-order valence-corrected chi connectivity index (χ4v) is 3.91. The molecule has 1 atom stereocenters. The van der Waals surface area contributed by atoms with Gasteiger partial charge in [-0.25, -0.2) is 4.98 Å². The summed E-state index contributed by atoms with van der Waals surface area (Å²) in [4.78, 5) is 9.38. The van der Waals surface area contributed by atoms with E-state index >= 15 is 0 Å². The van der Waals surface area contributed by atoms with E-state index in [-0.39, 0.29) is 0 Å². The Morgan fingerprint density at radius 3 is 2.56 bits per heavy atom. The van der Waals surface area contributed by atoms with Crippen molar-refractivity contribution in [3.8, 4) is 0 Å². The van der Waals surface area contributed by atoms with E-state index in [1.54, 1.807) is 11.3 Å². The highest BCUT2D eigenvalue weighted by molar-refractivity contribution is 9.09. The molecule has 0 amide bonds. The minimum absolute atomic E-state index is 0.751. The van der Waals surface area contributed by atoms with Gasteiger partial charge in [0.15, 0.2) is 5.13 Å². The third-order valence-electron chi connectivity index (χ3n) is 3.70. The van der Waals surface area contributed by atoms with E-state index in [1.165, 1.54) is 11.7 Å². The van der Waals surface area contributed by atoms with E-state index in [0.29, 0.717) is 0 Å². The van der Waals surface area contributed by atoms with Crippen LogP contribution in [0.1, 0.15) is 13.8 Å². The Morgan fingerprint density at radius 2 is 2.06 bits per heavy atom. The van der Waals surface area contributed by atoms with Gasteiger partial charge in [-0.05, 0) is 11.8 Å². The van der Waals surface area contributed by atoms with Crippen LogP contribution in [0.4, 0.5) is 5.13 Å². The van der Waals surface area contributed by atoms with Crippen LogP contribution < -0.4 is 4.90 Å². The first-order chi connectivity index (χ1) is 8.70. The standard InChI is InChI=1S/C13H22BrN3S/c1-11(2)12(9-14)10-16-4-6-17(7-5-16)13-15-3-8-18-13/h3,8,11-12H,4-7,9-10H2,1-2H3. The number of rotatable bonds is 5. The summed E-state index contributed by atoms with van der Waals surface area (Å²) in [6, 6.07) is 0. The second kappa shape index (κ2) is 6.87. The molecule has 1 saturated heterocycles. The molecule has 0 spiro atoms. The number of halogens is 1. The lowest BCUT2D eigenvalue weighted by Crippen LogP contribution is -2.48. The lowest BCUT2D eigenvalue weighted by Gasteiger charge is -2.36. The predicted octanol–water partition coefficient (Wildman–Crippen LogP) is 2.93. The summed E-state index contributed by atoms with van der Waals surface area (Å²) < 4.78 is 0. The Hall–Kier alpha value is -0.130. The van der Waals surface area contributed by atoms with E-state index in [1.807, 2.05) is 6.20 Å². The largest absolute Gasteiger partial charge is 0.346 e. The van der Waals surface area contributed by atoms with Gasteiger partial charge in [0.25, 0.3) is 0 Å². The highest BCUT2D eigenvalue weighted by Crippen LogP contribution is 2.20. The van der Waals surface area contributed by atoms with Gasteiger partial charge in [-0.3, -0.25) is 4.90 Å². The number of hydrogen-bond acceptors (Lipinski definition) is 4. The molecule has 5 heteroatoms. The maximum Gasteiger partial charge on any atom is 0.185 e. The van der Waals surface area contributed by atoms with Crippen LogP contribution in [0, 0.1) is 11.8 Å². The number of anilines is 1. The second-order valence-electron chi connectivity index (χ2n) is 5.26. The van der Waals surface area contributed by atoms with Gasteiger partial charge in [-0.2, -0.15) is 0 Å². The Kier molecular flexibility index (Phi) is 5.45. The molecule has 0 aliphatic carbocycles. The van der Waals surface area contributed by atoms with Crippen LogP contribution in [0.3, 0.4) is 0 Å². The fraction of sp³-hybridized carbons (Fsp3) is 0.769. The summed E-state index contributed by atoms with van der Waals surface area (Å²) in [7, 11) is 0. The Labute approximate surface area is 122 Å². The molecule has 0 saturated carbocycles. The summed E-state index contributed by atoms with van der Waals surface area (Å²) in [6.07, 6.45) is 1.89. The van der Waals surface area contributed by atoms with Crippen molar-refractivity contribution in [2.24, 2.45) is 11.8 Å². The van der Waals surface area contributed by atoms with E-state index in [0.717, 1.165) is 43.3 Å². The first kappa shape index (κ1) is 14.3. The molecule has 1 aromatic rings. The van der Waals surface area contributed by atoms with Crippen LogP contribution in [0.25, 0.3) is 0 Å². The number of hydrogen-bond donors (Lipinski definition) is 0. The van der Waals surface area contributed by atoms with Gasteiger partial charge in [-0.1, -0.05) is 29.8 Å². The van der Waals surface area contributed by atoms with Crippen molar-refractivity contribution in [1.82, 2.24) is 9.88 Å². The quantitative estimate of drug-likeness (QED) is 0.773. The average Bonchev–Trinajstić information content (AvgIpc) is 2.90. The maximum absolute atomic E-state index is 4.39. The SMILES string of the molecule is CC(C)C(CBr)CN1CCN(c2nccs2)CC1. The number of alkyl halides is 1. The zero-order valence-electron chi connectivity index (χ0n) is 11.2. The molecular formula is C13H22BrN3S. The molecule has 102 valence electrons. The Balaban J connectivity index is 1.80. The van der Waals surface area contributed by atoms with Gasteiger partial charge in [0.1, 0.15) is 0 Å². The fourth-order valence-electron chi connectivity index (χ4n) is 2.26. The number of aromatic nitrogens is 1. The third-order valence-corrected chi connectivity index (χ3v) is 5.36. The molecule has 0 N–H and O–H groups in total. The van der Waals surface area contributed by atoms with Crippen LogP contribution in [-0.2, 0) is 0 Å². The molecular weight excluding hydrogens is 310 g/mol. The molecule has 18 heavy (non-hydrogen) atoms. The topological polar surface area (TPSA) is 19.4 Å². The summed E-state index contributed by atoms with van der Waals surface area (Å²) in [6.45, 7) is 10.4. The van der Waals surface area contributed by atoms with Crippen LogP contribution >= 0.6 is 27.3 Å². The Bertz CT molecular complexity index is 334. The summed E-state index contributed by atoms with van der Waals surface area (Å²) in [5, 5.41) is 4.34. The normalized spacial score (nSPS) is 19.4. The lowest BCUT2D eigenvalue weighted by atomic mass is 9.97. The van der Waals surface area contributed by atoms with Gasteiger partial charge in [0.2, 0.25) is 0 Å². The average molecular weight is 332 g/mol. The van der Waals surface area contributed by atoms with E-state index < -0.39 is 0 Å². The van der Waals surface area contributed by atoms with Gasteiger partial charge in [0.05, 0.1) is 0 Å². The highest BCUT2D eigenvalue weighted by Gasteiger charge is 2.22. The number of nitrogens with zero attached hydrogens (tertiary/aromatic N) is 3. The maximum atomic E-state index is 4.39. The zero-order valence-corrected chi connectivity index (χ0v) is 13.6. The lowest BCUT2D eigenvalue weighted by molar-refractivity contribution is 0.204. The first-order valence-electron chi connectivity index (χ1n) is 6.63. The van der Waals surface area contributed by atoms with Crippen LogP contribution in [0.5, 0.6) is 0 Å². The highest BCUT2D eigenvalue weighted by atomic mass is 79.9. The zero-order chi connectivity index (χ0) is 13.0. The van der Waals surface area contributed by atoms with Crippen molar-refractivity contribution in [3.05, 3.63) is 11.6 Å². The van der Waals surface area contributed by atoms with Crippen molar-refractivity contribution in [1.29, 1.82) is 0 Å². The molecule has 2 rings (SSSR count). The summed E-state index contributed by atoms with van der Waals surface area (Å²) in [5.74, 6) is 1.51. The molecule has 1 fully saturated rings. The molecule has 0 radical (unpaired) electrons. The molecule has 0 aromatic carbocycles. The molecule has 2 heterocycles. The summed E-state index contributed by atoms with van der Waals surface area (Å²) >= 11 is 5.38. The monoisotopic (exact) mass is 331 g/mol. The van der Waals surface area contributed by atoms with Crippen molar-refractivity contribution in [2.75, 3.05) is 43.0 Å². The molecule has 3 nitrogen and oxygen atoms in total. The molecule has 1 aliphatic rings. The van der Waals surface area contributed by atoms with Crippen molar-refractivity contribution in [3.63, 3.8) is 0 Å². The van der Waals surface area contributed by atoms with Crippen molar-refractivity contribution < 1.29 is 0 Å². The van der Waals surface area contributed by atoms with E-state index in [9.17, 15) is 0 Å². The van der Waals surface area contributed by atoms with E-state index in [2.05, 4.69) is 49.9 Å². The molecule has 0 bridgehead atoms. The minimum atomic E-state index is 0.751. The first-order valence-corrected chi connectivity index (χ1v) is 8.63. The predicted molar refractivity (Wildman–Crippen MR) is 82.9 cm³/mol. The van der Waals surface area contributed by atoms with Crippen LogP contribution in [-0.4, -0.2) is 47.9 Å². The van der Waals surface area contributed by atoms with Crippen LogP contribution in [0.15, 0.2) is 11.6 Å². The molecule has 1 unspecified atom stereocenters. The van der Waals surface area contributed by atoms with Gasteiger partial charge in [0, 0.05) is 49.6 Å². The van der Waals surface area contributed by atoms with Crippen molar-refractivity contribution in [2.45, 2.75) is 13.8 Å². The number of thiazole rings is 1. The van der Waals surface area contributed by atoms with E-state index in [4.69, 9.17) is 0 Å². The van der Waals surface area contributed by atoms with Gasteiger partial charge >= 0.3 is 0 Å². The Morgan fingerprint density at radius 1 is 1.33 bits per heavy atom. The minimum Gasteiger partial charge on any atom is -0.346 e. The molecule has 1 aromatic heterocycles. The number of piperazine rings is 1. The smallest absolute Gasteiger partial charge is 0.185 e. The second-order valence-corrected chi connectivity index (χ2v) is 6.78. The van der Waals surface area contributed by atoms with Crippen molar-refractivity contribution >= 4 is 32.4 Å².